The van der Waals surface area contributed by atoms with Gasteiger partial charge in [0.15, 0.2) is 0 Å². The van der Waals surface area contributed by atoms with Crippen LogP contribution in [-0.2, 0) is 16.4 Å². The van der Waals surface area contributed by atoms with Crippen molar-refractivity contribution < 1.29 is 8.42 Å². The lowest BCUT2D eigenvalue weighted by atomic mass is 10.0. The molecule has 0 saturated carbocycles. The number of benzene rings is 2. The van der Waals surface area contributed by atoms with Crippen LogP contribution in [-0.4, -0.2) is 15.0 Å². The van der Waals surface area contributed by atoms with E-state index in [1.54, 1.807) is 6.07 Å². The first-order chi connectivity index (χ1) is 10.9. The molecule has 0 spiro atoms. The van der Waals surface area contributed by atoms with Gasteiger partial charge in [0.05, 0.1) is 16.3 Å². The van der Waals surface area contributed by atoms with Crippen molar-refractivity contribution >= 4 is 27.3 Å². The smallest absolute Gasteiger partial charge is 0.265 e. The summed E-state index contributed by atoms with van der Waals surface area (Å²) in [6, 6.07) is 12.2. The van der Waals surface area contributed by atoms with Gasteiger partial charge < -0.3 is 0 Å². The average Bonchev–Trinajstić information content (AvgIpc) is 2.53. The lowest BCUT2D eigenvalue weighted by molar-refractivity contribution is 0.586. The standard InChI is InChI=1S/C17H15ClN2O2S/c1-12-7-8-16-13(10-12)4-3-9-20(16)23(21,22)17-6-2-5-15(18)14(17)11-19/h2,5-8,10H,3-4,9H2,1H3. The second-order valence-corrected chi connectivity index (χ2v) is 7.78. The van der Waals surface area contributed by atoms with Crippen LogP contribution in [0.15, 0.2) is 41.3 Å². The summed E-state index contributed by atoms with van der Waals surface area (Å²) in [5.41, 5.74) is 2.79. The zero-order chi connectivity index (χ0) is 16.6. The number of halogens is 1. The Morgan fingerprint density at radius 1 is 1.26 bits per heavy atom. The maximum absolute atomic E-state index is 13.1. The Balaban J connectivity index is 2.17. The van der Waals surface area contributed by atoms with Crippen LogP contribution >= 0.6 is 11.6 Å². The predicted molar refractivity (Wildman–Crippen MR) is 90.2 cm³/mol. The Labute approximate surface area is 141 Å². The highest BCUT2D eigenvalue weighted by Crippen LogP contribution is 2.34. The topological polar surface area (TPSA) is 61.2 Å². The number of hydrogen-bond acceptors (Lipinski definition) is 3. The minimum absolute atomic E-state index is 0.00611. The summed E-state index contributed by atoms with van der Waals surface area (Å²) in [6.07, 6.45) is 1.60. The third-order valence-electron chi connectivity index (χ3n) is 3.97. The maximum atomic E-state index is 13.1. The van der Waals surface area contributed by atoms with Gasteiger partial charge in [-0.25, -0.2) is 8.42 Å². The lowest BCUT2D eigenvalue weighted by Crippen LogP contribution is -2.36. The van der Waals surface area contributed by atoms with Crippen molar-refractivity contribution in [2.24, 2.45) is 0 Å². The number of anilines is 1. The Morgan fingerprint density at radius 2 is 2.04 bits per heavy atom. The van der Waals surface area contributed by atoms with Gasteiger partial charge >= 0.3 is 0 Å². The molecule has 4 nitrogen and oxygen atoms in total. The second-order valence-electron chi connectivity index (χ2n) is 5.54. The SMILES string of the molecule is Cc1ccc2c(c1)CCCN2S(=O)(=O)c1cccc(Cl)c1C#N. The molecule has 0 radical (unpaired) electrons. The Bertz CT molecular complexity index is 917. The first-order valence-corrected chi connectivity index (χ1v) is 9.08. The number of sulfonamides is 1. The fraction of sp³-hybridized carbons (Fsp3) is 0.235. The van der Waals surface area contributed by atoms with Gasteiger partial charge in [-0.1, -0.05) is 35.4 Å². The first kappa shape index (κ1) is 15.9. The second kappa shape index (κ2) is 5.88. The highest BCUT2D eigenvalue weighted by Gasteiger charge is 2.31. The van der Waals surface area contributed by atoms with Crippen LogP contribution in [0.1, 0.15) is 23.1 Å². The number of nitrogens with zero attached hydrogens (tertiary/aromatic N) is 2. The summed E-state index contributed by atoms with van der Waals surface area (Å²) in [4.78, 5) is -0.0408. The van der Waals surface area contributed by atoms with E-state index >= 15 is 0 Å². The molecular formula is C17H15ClN2O2S. The summed E-state index contributed by atoms with van der Waals surface area (Å²) < 4.78 is 27.6. The highest BCUT2D eigenvalue weighted by molar-refractivity contribution is 7.93. The zero-order valence-corrected chi connectivity index (χ0v) is 14.2. The number of hydrogen-bond donors (Lipinski definition) is 0. The third kappa shape index (κ3) is 2.69. The summed E-state index contributed by atoms with van der Waals surface area (Å²) in [5.74, 6) is 0. The summed E-state index contributed by atoms with van der Waals surface area (Å²) in [7, 11) is -3.83. The molecule has 0 fully saturated rings. The minimum Gasteiger partial charge on any atom is -0.266 e. The van der Waals surface area contributed by atoms with Gasteiger partial charge in [0, 0.05) is 6.54 Å². The van der Waals surface area contributed by atoms with Gasteiger partial charge in [-0.05, 0) is 43.5 Å². The van der Waals surface area contributed by atoms with Crippen molar-refractivity contribution in [3.8, 4) is 6.07 Å². The molecule has 0 saturated heterocycles. The van der Waals surface area contributed by atoms with Crippen molar-refractivity contribution in [2.45, 2.75) is 24.7 Å². The van der Waals surface area contributed by atoms with Crippen LogP contribution in [0.3, 0.4) is 0 Å². The molecule has 1 aliphatic heterocycles. The van der Waals surface area contributed by atoms with E-state index in [4.69, 9.17) is 11.6 Å². The normalized spacial score (nSPS) is 14.2. The summed E-state index contributed by atoms with van der Waals surface area (Å²) >= 11 is 5.99. The van der Waals surface area contributed by atoms with E-state index < -0.39 is 10.0 Å². The molecule has 0 aromatic heterocycles. The maximum Gasteiger partial charge on any atom is 0.265 e. The van der Waals surface area contributed by atoms with Crippen molar-refractivity contribution in [3.63, 3.8) is 0 Å². The molecule has 0 unspecified atom stereocenters. The fourth-order valence-corrected chi connectivity index (χ4v) is 4.87. The van der Waals surface area contributed by atoms with Crippen LogP contribution < -0.4 is 4.31 Å². The fourth-order valence-electron chi connectivity index (χ4n) is 2.89. The van der Waals surface area contributed by atoms with Crippen molar-refractivity contribution in [1.82, 2.24) is 0 Å². The van der Waals surface area contributed by atoms with Crippen LogP contribution in [0.25, 0.3) is 0 Å². The van der Waals surface area contributed by atoms with Gasteiger partial charge in [0.1, 0.15) is 11.0 Å². The van der Waals surface area contributed by atoms with Crippen LogP contribution in [0.4, 0.5) is 5.69 Å². The number of fused-ring (bicyclic) bond motifs is 1. The van der Waals surface area contributed by atoms with Crippen molar-refractivity contribution in [1.29, 1.82) is 5.26 Å². The van der Waals surface area contributed by atoms with E-state index in [9.17, 15) is 13.7 Å². The highest BCUT2D eigenvalue weighted by atomic mass is 35.5. The number of rotatable bonds is 2. The molecule has 0 amide bonds. The van der Waals surface area contributed by atoms with Gasteiger partial charge in [-0.15, -0.1) is 0 Å². The third-order valence-corrected chi connectivity index (χ3v) is 6.14. The molecular weight excluding hydrogens is 332 g/mol. The monoisotopic (exact) mass is 346 g/mol. The van der Waals surface area contributed by atoms with E-state index in [2.05, 4.69) is 0 Å². The molecule has 23 heavy (non-hydrogen) atoms. The van der Waals surface area contributed by atoms with Gasteiger partial charge in [-0.3, -0.25) is 4.31 Å². The molecule has 1 heterocycles. The molecule has 118 valence electrons. The molecule has 1 aliphatic rings. The molecule has 0 aliphatic carbocycles. The quantitative estimate of drug-likeness (QED) is 0.833. The van der Waals surface area contributed by atoms with E-state index in [1.807, 2.05) is 31.2 Å². The van der Waals surface area contributed by atoms with Crippen molar-refractivity contribution in [2.75, 3.05) is 10.8 Å². The number of aryl methyl sites for hydroxylation is 2. The lowest BCUT2D eigenvalue weighted by Gasteiger charge is -2.31. The Kier molecular flexibility index (Phi) is 4.05. The minimum atomic E-state index is -3.83. The Morgan fingerprint density at radius 3 is 2.78 bits per heavy atom. The van der Waals surface area contributed by atoms with Gasteiger partial charge in [-0.2, -0.15) is 5.26 Å². The summed E-state index contributed by atoms with van der Waals surface area (Å²) in [6.45, 7) is 2.38. The van der Waals surface area contributed by atoms with Crippen LogP contribution in [0.2, 0.25) is 5.02 Å². The first-order valence-electron chi connectivity index (χ1n) is 7.26. The largest absolute Gasteiger partial charge is 0.266 e. The molecule has 2 aromatic carbocycles. The molecule has 0 atom stereocenters. The van der Waals surface area contributed by atoms with E-state index in [0.29, 0.717) is 12.2 Å². The Hall–Kier alpha value is -2.03. The number of nitriles is 1. The molecule has 2 aromatic rings. The summed E-state index contributed by atoms with van der Waals surface area (Å²) in [5, 5.41) is 9.42. The van der Waals surface area contributed by atoms with Crippen molar-refractivity contribution in [3.05, 3.63) is 58.1 Å². The molecule has 6 heteroatoms. The zero-order valence-electron chi connectivity index (χ0n) is 12.6. The van der Waals surface area contributed by atoms with Gasteiger partial charge in [0.25, 0.3) is 10.0 Å². The average molecular weight is 347 g/mol. The van der Waals surface area contributed by atoms with E-state index in [0.717, 1.165) is 24.0 Å². The molecule has 3 rings (SSSR count). The van der Waals surface area contributed by atoms with E-state index in [1.165, 1.54) is 16.4 Å². The molecule has 0 N–H and O–H groups in total. The predicted octanol–water partition coefficient (Wildman–Crippen LogP) is 3.66. The van der Waals surface area contributed by atoms with Crippen LogP contribution in [0, 0.1) is 18.3 Å². The van der Waals surface area contributed by atoms with E-state index in [-0.39, 0.29) is 15.5 Å². The van der Waals surface area contributed by atoms with Gasteiger partial charge in [0.2, 0.25) is 0 Å². The molecule has 0 bridgehead atoms. The van der Waals surface area contributed by atoms with Crippen LogP contribution in [0.5, 0.6) is 0 Å².